The predicted molar refractivity (Wildman–Crippen MR) is 71.6 cm³/mol. The summed E-state index contributed by atoms with van der Waals surface area (Å²) in [5, 5.41) is 0.785. The summed E-state index contributed by atoms with van der Waals surface area (Å²) in [6.45, 7) is 5.16. The molecule has 1 saturated heterocycles. The largest absolute Gasteiger partial charge is 0.377 e. The maximum atomic E-state index is 6.33. The molecular weight excluding hydrogens is 236 g/mol. The fourth-order valence-electron chi connectivity index (χ4n) is 2.22. The minimum Gasteiger partial charge on any atom is -0.377 e. The van der Waals surface area contributed by atoms with Crippen LogP contribution in [-0.2, 0) is 11.3 Å². The summed E-state index contributed by atoms with van der Waals surface area (Å²) in [4.78, 5) is 2.34. The van der Waals surface area contributed by atoms with Gasteiger partial charge in [0.1, 0.15) is 0 Å². The molecule has 0 amide bonds. The quantitative estimate of drug-likeness (QED) is 0.900. The van der Waals surface area contributed by atoms with Gasteiger partial charge in [-0.25, -0.2) is 0 Å². The highest BCUT2D eigenvalue weighted by atomic mass is 35.5. The number of halogens is 1. The molecule has 1 aromatic rings. The lowest BCUT2D eigenvalue weighted by Gasteiger charge is -2.37. The molecule has 1 unspecified atom stereocenters. The van der Waals surface area contributed by atoms with E-state index in [0.717, 1.165) is 42.5 Å². The zero-order valence-electron chi connectivity index (χ0n) is 10.2. The van der Waals surface area contributed by atoms with Gasteiger partial charge in [-0.05, 0) is 24.1 Å². The molecular formula is C13H19ClN2O. The molecule has 0 aliphatic carbocycles. The highest BCUT2D eigenvalue weighted by Crippen LogP contribution is 2.30. The van der Waals surface area contributed by atoms with Gasteiger partial charge in [-0.3, -0.25) is 0 Å². The second-order valence-electron chi connectivity index (χ2n) is 4.32. The Labute approximate surface area is 107 Å². The average molecular weight is 255 g/mol. The minimum absolute atomic E-state index is 0.421. The lowest BCUT2D eigenvalue weighted by molar-refractivity contribution is 0.0930. The van der Waals surface area contributed by atoms with E-state index in [9.17, 15) is 0 Å². The van der Waals surface area contributed by atoms with Crippen LogP contribution in [-0.4, -0.2) is 25.8 Å². The van der Waals surface area contributed by atoms with Crippen molar-refractivity contribution in [1.82, 2.24) is 0 Å². The topological polar surface area (TPSA) is 38.5 Å². The van der Waals surface area contributed by atoms with Crippen molar-refractivity contribution in [3.05, 3.63) is 28.8 Å². The molecule has 1 fully saturated rings. The molecule has 0 radical (unpaired) electrons. The second kappa shape index (κ2) is 5.71. The molecule has 3 nitrogen and oxygen atoms in total. The number of anilines is 1. The van der Waals surface area contributed by atoms with Crippen LogP contribution in [0.5, 0.6) is 0 Å². The van der Waals surface area contributed by atoms with Gasteiger partial charge < -0.3 is 15.4 Å². The fourth-order valence-corrected chi connectivity index (χ4v) is 2.53. The van der Waals surface area contributed by atoms with E-state index >= 15 is 0 Å². The molecule has 1 aliphatic rings. The van der Waals surface area contributed by atoms with E-state index in [4.69, 9.17) is 22.1 Å². The van der Waals surface area contributed by atoms with Gasteiger partial charge in [-0.15, -0.1) is 0 Å². The summed E-state index contributed by atoms with van der Waals surface area (Å²) in [6, 6.07) is 6.49. The van der Waals surface area contributed by atoms with Crippen molar-refractivity contribution >= 4 is 17.3 Å². The van der Waals surface area contributed by atoms with Crippen LogP contribution < -0.4 is 10.6 Å². The molecule has 1 aliphatic heterocycles. The number of rotatable bonds is 3. The summed E-state index contributed by atoms with van der Waals surface area (Å²) in [7, 11) is 0. The highest BCUT2D eigenvalue weighted by molar-refractivity contribution is 6.33. The standard InChI is InChI=1S/C13H19ClN2O/c1-2-11-9-17-6-5-16(11)13-4-3-10(8-15)7-12(13)14/h3-4,7,11H,2,5-6,8-9,15H2,1H3. The van der Waals surface area contributed by atoms with Gasteiger partial charge in [0.2, 0.25) is 0 Å². The highest BCUT2D eigenvalue weighted by Gasteiger charge is 2.23. The van der Waals surface area contributed by atoms with Crippen LogP contribution in [0.4, 0.5) is 5.69 Å². The van der Waals surface area contributed by atoms with Gasteiger partial charge in [-0.1, -0.05) is 24.6 Å². The van der Waals surface area contributed by atoms with Crippen molar-refractivity contribution in [2.75, 3.05) is 24.7 Å². The minimum atomic E-state index is 0.421. The monoisotopic (exact) mass is 254 g/mol. The van der Waals surface area contributed by atoms with E-state index in [1.807, 2.05) is 12.1 Å². The van der Waals surface area contributed by atoms with Crippen LogP contribution in [0.2, 0.25) is 5.02 Å². The van der Waals surface area contributed by atoms with Crippen molar-refractivity contribution < 1.29 is 4.74 Å². The first-order valence-electron chi connectivity index (χ1n) is 6.09. The molecule has 2 rings (SSSR count). The van der Waals surface area contributed by atoms with Gasteiger partial charge in [-0.2, -0.15) is 0 Å². The Bertz CT molecular complexity index is 384. The Morgan fingerprint density at radius 2 is 2.35 bits per heavy atom. The van der Waals surface area contributed by atoms with Gasteiger partial charge in [0.05, 0.1) is 30.0 Å². The first-order chi connectivity index (χ1) is 8.26. The Morgan fingerprint density at radius 1 is 1.53 bits per heavy atom. The lowest BCUT2D eigenvalue weighted by Crippen LogP contribution is -2.45. The SMILES string of the molecule is CCC1COCCN1c1ccc(CN)cc1Cl. The Hall–Kier alpha value is -0.770. The molecule has 0 saturated carbocycles. The predicted octanol–water partition coefficient (Wildman–Crippen LogP) is 2.41. The average Bonchev–Trinajstić information content (AvgIpc) is 2.38. The van der Waals surface area contributed by atoms with Crippen LogP contribution in [0, 0.1) is 0 Å². The Kier molecular flexibility index (Phi) is 4.26. The summed E-state index contributed by atoms with van der Waals surface area (Å²) in [5.41, 5.74) is 7.77. The third-order valence-corrected chi connectivity index (χ3v) is 3.56. The van der Waals surface area contributed by atoms with E-state index in [-0.39, 0.29) is 0 Å². The molecule has 94 valence electrons. The molecule has 4 heteroatoms. The van der Waals surface area contributed by atoms with Gasteiger partial charge in [0, 0.05) is 13.1 Å². The Balaban J connectivity index is 2.25. The third kappa shape index (κ3) is 2.73. The van der Waals surface area contributed by atoms with Crippen LogP contribution in [0.1, 0.15) is 18.9 Å². The van der Waals surface area contributed by atoms with E-state index in [1.54, 1.807) is 0 Å². The van der Waals surface area contributed by atoms with E-state index in [2.05, 4.69) is 17.9 Å². The number of ether oxygens (including phenoxy) is 1. The number of nitrogens with two attached hydrogens (primary N) is 1. The van der Waals surface area contributed by atoms with E-state index in [0.29, 0.717) is 12.6 Å². The summed E-state index contributed by atoms with van der Waals surface area (Å²) in [6.07, 6.45) is 1.06. The smallest absolute Gasteiger partial charge is 0.0670 e. The summed E-state index contributed by atoms with van der Waals surface area (Å²) in [5.74, 6) is 0. The van der Waals surface area contributed by atoms with Crippen LogP contribution in [0.25, 0.3) is 0 Å². The van der Waals surface area contributed by atoms with Crippen molar-refractivity contribution in [3.63, 3.8) is 0 Å². The molecule has 0 spiro atoms. The normalized spacial score (nSPS) is 20.6. The van der Waals surface area contributed by atoms with Crippen LogP contribution in [0.15, 0.2) is 18.2 Å². The molecule has 0 aromatic heterocycles. The first kappa shape index (κ1) is 12.7. The zero-order valence-corrected chi connectivity index (χ0v) is 10.9. The molecule has 0 bridgehead atoms. The molecule has 1 heterocycles. The number of hydrogen-bond acceptors (Lipinski definition) is 3. The first-order valence-corrected chi connectivity index (χ1v) is 6.47. The van der Waals surface area contributed by atoms with Crippen molar-refractivity contribution in [3.8, 4) is 0 Å². The molecule has 1 aromatic carbocycles. The van der Waals surface area contributed by atoms with Crippen LogP contribution >= 0.6 is 11.6 Å². The van der Waals surface area contributed by atoms with E-state index < -0.39 is 0 Å². The number of hydrogen-bond donors (Lipinski definition) is 1. The van der Waals surface area contributed by atoms with Crippen molar-refractivity contribution in [2.24, 2.45) is 5.73 Å². The third-order valence-electron chi connectivity index (χ3n) is 3.26. The van der Waals surface area contributed by atoms with Gasteiger partial charge >= 0.3 is 0 Å². The fraction of sp³-hybridized carbons (Fsp3) is 0.538. The molecule has 2 N–H and O–H groups in total. The lowest BCUT2D eigenvalue weighted by atomic mass is 10.1. The summed E-state index contributed by atoms with van der Waals surface area (Å²) >= 11 is 6.33. The zero-order chi connectivity index (χ0) is 12.3. The maximum Gasteiger partial charge on any atom is 0.0670 e. The maximum absolute atomic E-state index is 6.33. The molecule has 17 heavy (non-hydrogen) atoms. The number of morpholine rings is 1. The number of benzene rings is 1. The number of nitrogens with zero attached hydrogens (tertiary/aromatic N) is 1. The van der Waals surface area contributed by atoms with E-state index in [1.165, 1.54) is 0 Å². The van der Waals surface area contributed by atoms with Gasteiger partial charge in [0.15, 0.2) is 0 Å². The van der Waals surface area contributed by atoms with Gasteiger partial charge in [0.25, 0.3) is 0 Å². The van der Waals surface area contributed by atoms with Crippen molar-refractivity contribution in [1.29, 1.82) is 0 Å². The second-order valence-corrected chi connectivity index (χ2v) is 4.73. The Morgan fingerprint density at radius 3 is 3.00 bits per heavy atom. The summed E-state index contributed by atoms with van der Waals surface area (Å²) < 4.78 is 5.50. The van der Waals surface area contributed by atoms with Crippen LogP contribution in [0.3, 0.4) is 0 Å². The van der Waals surface area contributed by atoms with Crippen molar-refractivity contribution in [2.45, 2.75) is 25.9 Å². The molecule has 1 atom stereocenters.